The molecule has 0 amide bonds. The molecule has 0 aliphatic heterocycles. The number of aliphatic imine (C=N–C) groups is 1. The molecule has 2 N–H and O–H groups in total. The molecule has 0 fully saturated rings. The predicted octanol–water partition coefficient (Wildman–Crippen LogP) is 2.80. The van der Waals surface area contributed by atoms with Gasteiger partial charge in [-0.1, -0.05) is 12.6 Å². The van der Waals surface area contributed by atoms with E-state index < -0.39 is 8.89 Å². The van der Waals surface area contributed by atoms with E-state index in [9.17, 15) is 4.20 Å². The summed E-state index contributed by atoms with van der Waals surface area (Å²) >= 11 is 0. The molecule has 1 aromatic rings. The molecule has 1 aromatic heterocycles. The van der Waals surface area contributed by atoms with E-state index >= 15 is 0 Å². The van der Waals surface area contributed by atoms with Gasteiger partial charge in [-0.3, -0.25) is 15.3 Å². The summed E-state index contributed by atoms with van der Waals surface area (Å²) in [5, 5.41) is 6.56. The van der Waals surface area contributed by atoms with Crippen molar-refractivity contribution in [3.05, 3.63) is 42.2 Å². The zero-order chi connectivity index (χ0) is 16.4. The molecule has 0 radical (unpaired) electrons. The van der Waals surface area contributed by atoms with Gasteiger partial charge in [-0.15, -0.1) is 0 Å². The summed E-state index contributed by atoms with van der Waals surface area (Å²) in [6, 6.07) is 3.94. The Morgan fingerprint density at radius 1 is 1.50 bits per heavy atom. The first-order chi connectivity index (χ1) is 10.6. The highest BCUT2D eigenvalue weighted by atomic mass is 31.1. The number of hydrogen-bond acceptors (Lipinski definition) is 4. The predicted molar refractivity (Wildman–Crippen MR) is 95.7 cm³/mol. The minimum absolute atomic E-state index is 0.436. The highest BCUT2D eigenvalue weighted by Gasteiger charge is 2.01. The van der Waals surface area contributed by atoms with Crippen LogP contribution in [0, 0.1) is 0 Å². The van der Waals surface area contributed by atoms with Crippen molar-refractivity contribution < 1.29 is 4.20 Å². The van der Waals surface area contributed by atoms with E-state index in [1.54, 1.807) is 18.5 Å². The van der Waals surface area contributed by atoms with Crippen LogP contribution in [0.25, 0.3) is 5.57 Å². The Labute approximate surface area is 133 Å². The SMILES string of the molecule is C=C(/C=C(/CNCNC(C)C)N=CC)c1ccc(PF)nc1. The maximum atomic E-state index is 12.5. The summed E-state index contributed by atoms with van der Waals surface area (Å²) in [4.78, 5) is 8.40. The molecule has 6 heteroatoms. The molecule has 1 unspecified atom stereocenters. The van der Waals surface area contributed by atoms with Crippen molar-refractivity contribution in [3.8, 4) is 0 Å². The molecule has 0 aliphatic rings. The lowest BCUT2D eigenvalue weighted by Crippen LogP contribution is -2.34. The van der Waals surface area contributed by atoms with Crippen LogP contribution in [-0.2, 0) is 0 Å². The molecule has 0 aromatic carbocycles. The largest absolute Gasteiger partial charge is 0.302 e. The zero-order valence-corrected chi connectivity index (χ0v) is 14.4. The van der Waals surface area contributed by atoms with E-state index in [4.69, 9.17) is 0 Å². The third-order valence-electron chi connectivity index (χ3n) is 2.81. The molecule has 0 saturated carbocycles. The maximum Gasteiger partial charge on any atom is 0.117 e. The number of hydrogen-bond donors (Lipinski definition) is 2. The fraction of sp³-hybridized carbons (Fsp3) is 0.375. The zero-order valence-electron chi connectivity index (χ0n) is 13.4. The van der Waals surface area contributed by atoms with Crippen LogP contribution in [0.2, 0.25) is 0 Å². The molecule has 1 rings (SSSR count). The third-order valence-corrected chi connectivity index (χ3v) is 3.30. The first kappa shape index (κ1) is 18.6. The summed E-state index contributed by atoms with van der Waals surface area (Å²) in [5.41, 5.74) is 3.01. The van der Waals surface area contributed by atoms with Crippen LogP contribution < -0.4 is 16.1 Å². The van der Waals surface area contributed by atoms with Crippen molar-refractivity contribution in [2.45, 2.75) is 26.8 Å². The van der Waals surface area contributed by atoms with Gasteiger partial charge >= 0.3 is 0 Å². The topological polar surface area (TPSA) is 49.3 Å². The number of aromatic nitrogens is 1. The van der Waals surface area contributed by atoms with Gasteiger partial charge in [0.2, 0.25) is 0 Å². The van der Waals surface area contributed by atoms with E-state index in [1.165, 1.54) is 0 Å². The van der Waals surface area contributed by atoms with Crippen LogP contribution in [0.1, 0.15) is 26.3 Å². The van der Waals surface area contributed by atoms with E-state index in [1.807, 2.05) is 19.1 Å². The van der Waals surface area contributed by atoms with Gasteiger partial charge in [0.25, 0.3) is 0 Å². The van der Waals surface area contributed by atoms with E-state index in [2.05, 4.69) is 41.0 Å². The van der Waals surface area contributed by atoms with Gasteiger partial charge < -0.3 is 5.32 Å². The second-order valence-electron chi connectivity index (χ2n) is 5.04. The van der Waals surface area contributed by atoms with Gasteiger partial charge in [0, 0.05) is 31.7 Å². The van der Waals surface area contributed by atoms with Crippen molar-refractivity contribution >= 4 is 26.1 Å². The molecular weight excluding hydrogens is 298 g/mol. The highest BCUT2D eigenvalue weighted by Crippen LogP contribution is 2.16. The molecule has 0 aliphatic carbocycles. The molecule has 22 heavy (non-hydrogen) atoms. The lowest BCUT2D eigenvalue weighted by Gasteiger charge is -2.10. The number of allylic oxidation sites excluding steroid dienone is 2. The Hall–Kier alpha value is -1.42. The average molecular weight is 322 g/mol. The smallest absolute Gasteiger partial charge is 0.117 e. The second kappa shape index (κ2) is 10.3. The molecular formula is C16H24FN4P. The van der Waals surface area contributed by atoms with Gasteiger partial charge in [0.15, 0.2) is 0 Å². The summed E-state index contributed by atoms with van der Waals surface area (Å²) in [7, 11) is -0.783. The second-order valence-corrected chi connectivity index (χ2v) is 5.74. The minimum atomic E-state index is -0.783. The van der Waals surface area contributed by atoms with Crippen molar-refractivity contribution in [2.24, 2.45) is 4.99 Å². The Bertz CT molecular complexity index is 523. The highest BCUT2D eigenvalue weighted by molar-refractivity contribution is 7.41. The Balaban J connectivity index is 2.67. The van der Waals surface area contributed by atoms with Crippen molar-refractivity contribution in [1.29, 1.82) is 0 Å². The van der Waals surface area contributed by atoms with Crippen LogP contribution in [0.5, 0.6) is 0 Å². The normalized spacial score (nSPS) is 12.9. The van der Waals surface area contributed by atoms with Crippen LogP contribution in [0.15, 0.2) is 41.7 Å². The fourth-order valence-electron chi connectivity index (χ4n) is 1.69. The van der Waals surface area contributed by atoms with Crippen LogP contribution in [-0.4, -0.2) is 30.5 Å². The van der Waals surface area contributed by atoms with E-state index in [0.29, 0.717) is 24.7 Å². The summed E-state index contributed by atoms with van der Waals surface area (Å²) < 4.78 is 12.5. The van der Waals surface area contributed by atoms with Crippen molar-refractivity contribution in [1.82, 2.24) is 15.6 Å². The Morgan fingerprint density at radius 3 is 2.82 bits per heavy atom. The first-order valence-corrected chi connectivity index (χ1v) is 8.10. The molecule has 4 nitrogen and oxygen atoms in total. The minimum Gasteiger partial charge on any atom is -0.302 e. The Morgan fingerprint density at radius 2 is 2.27 bits per heavy atom. The van der Waals surface area contributed by atoms with Gasteiger partial charge in [-0.05, 0) is 44.1 Å². The number of pyridine rings is 1. The summed E-state index contributed by atoms with van der Waals surface area (Å²) in [6.07, 6.45) is 5.31. The maximum absolute atomic E-state index is 12.5. The quantitative estimate of drug-likeness (QED) is 0.242. The van der Waals surface area contributed by atoms with E-state index in [-0.39, 0.29) is 0 Å². The molecule has 0 saturated heterocycles. The number of nitrogens with zero attached hydrogens (tertiary/aromatic N) is 2. The monoisotopic (exact) mass is 322 g/mol. The van der Waals surface area contributed by atoms with Crippen LogP contribution in [0.3, 0.4) is 0 Å². The average Bonchev–Trinajstić information content (AvgIpc) is 2.51. The first-order valence-electron chi connectivity index (χ1n) is 7.22. The summed E-state index contributed by atoms with van der Waals surface area (Å²) in [6.45, 7) is 11.5. The van der Waals surface area contributed by atoms with Crippen LogP contribution >= 0.6 is 8.89 Å². The standard InChI is InChI=1S/C16H24FN4P/c1-5-19-15(10-18-11-21-12(2)3)8-13(4)14-6-7-16(22-17)20-9-14/h5-9,12,18,21-22H,4,10-11H2,1-3H3/b15-8-,19-5?. The third kappa shape index (κ3) is 7.03. The molecule has 1 heterocycles. The molecule has 1 atom stereocenters. The molecule has 0 bridgehead atoms. The summed E-state index contributed by atoms with van der Waals surface area (Å²) in [5.74, 6) is 0. The van der Waals surface area contributed by atoms with Gasteiger partial charge in [-0.25, -0.2) is 4.20 Å². The van der Waals surface area contributed by atoms with Crippen molar-refractivity contribution in [2.75, 3.05) is 13.2 Å². The number of halogens is 1. The number of rotatable bonds is 9. The number of nitrogens with one attached hydrogen (secondary N) is 2. The molecule has 0 spiro atoms. The Kier molecular flexibility index (Phi) is 8.75. The van der Waals surface area contributed by atoms with Crippen LogP contribution in [0.4, 0.5) is 4.20 Å². The van der Waals surface area contributed by atoms with Gasteiger partial charge in [0.05, 0.1) is 11.1 Å². The fourth-order valence-corrected chi connectivity index (χ4v) is 1.95. The molecule has 120 valence electrons. The lowest BCUT2D eigenvalue weighted by atomic mass is 10.1. The van der Waals surface area contributed by atoms with Gasteiger partial charge in [-0.2, -0.15) is 0 Å². The van der Waals surface area contributed by atoms with E-state index in [0.717, 1.165) is 16.8 Å². The van der Waals surface area contributed by atoms with Crippen molar-refractivity contribution in [3.63, 3.8) is 0 Å². The lowest BCUT2D eigenvalue weighted by molar-refractivity contribution is 0.540. The van der Waals surface area contributed by atoms with Gasteiger partial charge in [0.1, 0.15) is 8.89 Å².